The molecule has 92 heavy (non-hydrogen) atoms. The molecule has 0 bridgehead atoms. The summed E-state index contributed by atoms with van der Waals surface area (Å²) >= 11 is 0. The molecule has 9 N–H and O–H groups in total. The molecule has 4 aromatic carbocycles. The van der Waals surface area contributed by atoms with E-state index < -0.39 is 90.8 Å². The van der Waals surface area contributed by atoms with Crippen molar-refractivity contribution in [1.82, 2.24) is 19.1 Å². The van der Waals surface area contributed by atoms with Gasteiger partial charge in [0.2, 0.25) is 0 Å². The number of hydrogen-bond donors (Lipinski definition) is 9. The number of carboxylic acid groups (broad SMARTS) is 1. The zero-order valence-corrected chi connectivity index (χ0v) is 57.2. The van der Waals surface area contributed by atoms with Gasteiger partial charge in [0, 0.05) is 19.3 Å². The van der Waals surface area contributed by atoms with Gasteiger partial charge in [0.25, 0.3) is 0 Å². The van der Waals surface area contributed by atoms with Crippen LogP contribution < -0.4 is 21.6 Å². The SMILES string of the molecule is C[Si](C)(CCCNC(=O)CCC[N+](CCCP(=O)(O)O)(CCCP(=O)(O)O)CCCP(=O)(O)O)O[Si-2]123(O[Si](C)(C)CCCNC(=O)COCC(=O)O)n4c5c6ccccc6c4N=C4c6ccccc6C(=[N+]41)N=c1c4ccccc4c(n12)=NC1=[N+]3C(=N5)c2ccccc21. The van der Waals surface area contributed by atoms with Gasteiger partial charge in [0.05, 0.1) is 18.5 Å². The van der Waals surface area contributed by atoms with Gasteiger partial charge in [0.15, 0.2) is 0 Å². The molecule has 6 aromatic rings. The second-order valence-electron chi connectivity index (χ2n) is 26.1. The first-order valence-corrected chi connectivity index (χ1v) is 45.2. The van der Waals surface area contributed by atoms with Gasteiger partial charge in [-0.3, -0.25) is 13.7 Å². The number of nitrogens with one attached hydrogen (secondary N) is 2. The predicted octanol–water partition coefficient (Wildman–Crippen LogP) is 5.18. The Morgan fingerprint density at radius 2 is 0.913 bits per heavy atom. The van der Waals surface area contributed by atoms with Crippen molar-refractivity contribution in [3.05, 3.63) is 130 Å². The average molecular weight is 1370 g/mol. The van der Waals surface area contributed by atoms with Crippen LogP contribution in [0.3, 0.4) is 0 Å². The van der Waals surface area contributed by atoms with Crippen LogP contribution in [0.15, 0.2) is 117 Å². The van der Waals surface area contributed by atoms with E-state index in [1.54, 1.807) is 0 Å². The van der Waals surface area contributed by atoms with E-state index in [9.17, 15) is 66.7 Å². The summed E-state index contributed by atoms with van der Waals surface area (Å²) < 4.78 is 68.3. The second-order valence-corrected chi connectivity index (χ2v) is 45.7. The minimum atomic E-state index is -7.13. The van der Waals surface area contributed by atoms with Gasteiger partial charge >= 0.3 is 453 Å². The quantitative estimate of drug-likeness (QED) is 0.0114. The number of quaternary nitrogens is 1. The van der Waals surface area contributed by atoms with Gasteiger partial charge in [-0.25, -0.2) is 0 Å². The molecule has 1 spiro atoms. The third kappa shape index (κ3) is 11.1. The molecular weight excluding hydrogens is 1300 g/mol. The molecule has 33 heteroatoms. The summed E-state index contributed by atoms with van der Waals surface area (Å²) in [5.41, 5.74) is 4.33. The van der Waals surface area contributed by atoms with Crippen LogP contribution in [0.25, 0.3) is 21.5 Å². The molecule has 0 saturated heterocycles. The molecule has 0 radical (unpaired) electrons. The first kappa shape index (κ1) is 65.6. The molecule has 0 saturated carbocycles. The van der Waals surface area contributed by atoms with Crippen LogP contribution in [0.2, 0.25) is 38.3 Å². The number of ether oxygens (including phenoxy) is 1. The van der Waals surface area contributed by atoms with Gasteiger partial charge in [-0.1, -0.05) is 0 Å². The van der Waals surface area contributed by atoms with Crippen molar-refractivity contribution in [3.63, 3.8) is 0 Å². The van der Waals surface area contributed by atoms with Gasteiger partial charge in [-0.2, -0.15) is 0 Å². The summed E-state index contributed by atoms with van der Waals surface area (Å²) in [4.78, 5) is 120. The van der Waals surface area contributed by atoms with E-state index in [1.165, 1.54) is 0 Å². The number of carbonyl (C=O) groups excluding carboxylic acids is 2. The molecule has 490 valence electrons. The fourth-order valence-electron chi connectivity index (χ4n) is 15.2. The third-order valence-electron chi connectivity index (χ3n) is 18.4. The second kappa shape index (κ2) is 23.5. The number of rotatable bonds is 32. The average Bonchev–Trinajstić information content (AvgIpc) is 1.27. The van der Waals surface area contributed by atoms with Gasteiger partial charge in [-0.05, 0) is 0 Å². The Balaban J connectivity index is 0.972. The van der Waals surface area contributed by atoms with Gasteiger partial charge in [0.1, 0.15) is 0 Å². The van der Waals surface area contributed by atoms with Crippen molar-refractivity contribution in [2.45, 2.75) is 83.2 Å². The van der Waals surface area contributed by atoms with E-state index in [-0.39, 0.29) is 81.8 Å². The summed E-state index contributed by atoms with van der Waals surface area (Å²) in [5.74, 6) is 1.41. The molecule has 27 nitrogen and oxygen atoms in total. The number of aromatic nitrogens is 2. The molecule has 6 aliphatic rings. The zero-order chi connectivity index (χ0) is 65.5. The van der Waals surface area contributed by atoms with E-state index in [4.69, 9.17) is 28.8 Å². The molecule has 0 atom stereocenters. The number of fused-ring (bicyclic) bond motifs is 12. The number of benzene rings is 4. The Hall–Kier alpha value is -6.41. The first-order valence-electron chi connectivity index (χ1n) is 30.9. The summed E-state index contributed by atoms with van der Waals surface area (Å²) in [6.07, 6.45) is -0.145. The molecule has 2 amide bonds. The fraction of sp³-hybridized carbons (Fsp3) is 0.407. The topological polar surface area (TPSA) is 361 Å². The molecular formula is C59H77N11O16P3Si3+. The van der Waals surface area contributed by atoms with Crippen molar-refractivity contribution in [1.29, 1.82) is 0 Å². The number of aliphatic imine (C=N–C) groups is 2. The van der Waals surface area contributed by atoms with Crippen LogP contribution in [0.5, 0.6) is 0 Å². The third-order valence-corrected chi connectivity index (χ3v) is 37.8. The van der Waals surface area contributed by atoms with Crippen molar-refractivity contribution in [3.8, 4) is 0 Å². The fourth-order valence-corrected chi connectivity index (χ4v) is 39.1. The number of amidine groups is 4. The standard InChI is InChI=1S/C59H76N11O16P3Si3/c1-90(2,37-14-28-60-49(71)27-13-30-70(31-16-34-87(75,76)77,32-17-35-88(78,79)80)33-18-36-89(81,82)83)85-92(86-91(3,4)38-15-29-61-50(72)39-84-40-51(73)74)66-52-41-19-5-6-20-42(41)53(66)63-55-45-23-9-10-24-46(45)57(68(55)92)65-59-48-26-12-11-25-47(48)58(69(59)92)64-56-44-22-8-7-21-43(44)54(62-52)67(56)92/h5-12,19-26H,13-18,27-40H2,1-4H3,(H8-,60,61,71,72,73,74,75,76,77,78,79,80,81,82,83)/p+1. The number of nitrogens with zero attached hydrogens (tertiary/aromatic N) is 9. The van der Waals surface area contributed by atoms with E-state index in [0.29, 0.717) is 70.9 Å². The van der Waals surface area contributed by atoms with Crippen molar-refractivity contribution >= 4 is 121 Å². The normalized spacial score (nSPS) is 17.7. The zero-order valence-electron chi connectivity index (χ0n) is 51.6. The van der Waals surface area contributed by atoms with Crippen LogP contribution in [0.4, 0.5) is 11.6 Å². The molecule has 0 aliphatic carbocycles. The molecule has 0 fully saturated rings. The van der Waals surface area contributed by atoms with Crippen LogP contribution in [-0.4, -0.2) is 192 Å². The monoisotopic (exact) mass is 1370 g/mol. The van der Waals surface area contributed by atoms with Crippen LogP contribution in [0, 0.1) is 0 Å². The molecule has 6 aliphatic heterocycles. The van der Waals surface area contributed by atoms with E-state index in [0.717, 1.165) is 43.8 Å². The summed E-state index contributed by atoms with van der Waals surface area (Å²) in [5, 5.41) is 18.4. The van der Waals surface area contributed by atoms with Crippen LogP contribution in [-0.2, 0) is 41.0 Å². The summed E-state index contributed by atoms with van der Waals surface area (Å²) in [6, 6.07) is 33.2. The molecule has 8 heterocycles. The maximum atomic E-state index is 14.1. The van der Waals surface area contributed by atoms with Crippen molar-refractivity contribution in [2.24, 2.45) is 20.0 Å². The molecule has 0 unspecified atom stereocenters. The Bertz CT molecular complexity index is 4310. The minimum absolute atomic E-state index is 0.0143. The number of carbonyl (C=O) groups is 3. The predicted molar refractivity (Wildman–Crippen MR) is 351 cm³/mol. The Labute approximate surface area is 530 Å². The number of hydrogen-bond acceptors (Lipinski definition) is 13. The van der Waals surface area contributed by atoms with Gasteiger partial charge < -0.3 is 29.4 Å². The summed E-state index contributed by atoms with van der Waals surface area (Å²) in [6.45, 7) is 8.73. The van der Waals surface area contributed by atoms with E-state index >= 15 is 0 Å². The number of carboxylic acids is 1. The van der Waals surface area contributed by atoms with E-state index in [2.05, 4.69) is 102 Å². The van der Waals surface area contributed by atoms with Crippen molar-refractivity contribution < 1.29 is 88.5 Å². The molecule has 2 aromatic heterocycles. The van der Waals surface area contributed by atoms with Crippen molar-refractivity contribution in [2.75, 3.05) is 71.0 Å². The Kier molecular flexibility index (Phi) is 16.8. The van der Waals surface area contributed by atoms with E-state index in [1.807, 2.05) is 48.5 Å². The molecule has 12 rings (SSSR count). The van der Waals surface area contributed by atoms with Crippen LogP contribution in [0.1, 0.15) is 67.2 Å². The number of aliphatic carboxylic acids is 1. The number of amides is 2. The summed E-state index contributed by atoms with van der Waals surface area (Å²) in [7, 11) is -27.4. The maximum absolute atomic E-state index is 14.1. The Morgan fingerprint density at radius 1 is 0.522 bits per heavy atom. The first-order chi connectivity index (χ1) is 43.5. The van der Waals surface area contributed by atoms with Gasteiger partial charge in [-0.15, -0.1) is 0 Å². The van der Waals surface area contributed by atoms with Crippen LogP contribution >= 0.6 is 22.8 Å². The Morgan fingerprint density at radius 3 is 1.34 bits per heavy atom.